The normalized spacial score (nSPS) is 18.5. The summed E-state index contributed by atoms with van der Waals surface area (Å²) in [5.74, 6) is 0.551. The van der Waals surface area contributed by atoms with Gasteiger partial charge in [0.15, 0.2) is 0 Å². The molecule has 2 saturated heterocycles. The highest BCUT2D eigenvalue weighted by atomic mass is 16.6. The molecule has 2 aliphatic heterocycles. The molecule has 0 bridgehead atoms. The molecule has 2 aliphatic rings. The number of anilines is 1. The number of furan rings is 1. The quantitative estimate of drug-likeness (QED) is 0.529. The number of nitrogens with one attached hydrogen (secondary N) is 1. The molecule has 1 aromatic carbocycles. The summed E-state index contributed by atoms with van der Waals surface area (Å²) in [5.41, 5.74) is 1.08. The van der Waals surface area contributed by atoms with E-state index >= 15 is 0 Å². The fourth-order valence-corrected chi connectivity index (χ4v) is 4.64. The van der Waals surface area contributed by atoms with Crippen LogP contribution in [0.2, 0.25) is 0 Å². The number of hydrogen-bond donors (Lipinski definition) is 1. The van der Waals surface area contributed by atoms with E-state index in [1.807, 2.05) is 12.1 Å². The van der Waals surface area contributed by atoms with Gasteiger partial charge in [-0.05, 0) is 63.4 Å². The summed E-state index contributed by atoms with van der Waals surface area (Å²) in [6.07, 6.45) is 8.45. The van der Waals surface area contributed by atoms with Crippen LogP contribution in [0.4, 0.5) is 11.4 Å². The first-order valence-corrected chi connectivity index (χ1v) is 11.2. The van der Waals surface area contributed by atoms with Gasteiger partial charge in [0.25, 0.3) is 11.6 Å². The van der Waals surface area contributed by atoms with Crippen molar-refractivity contribution >= 4 is 17.3 Å². The Kier molecular flexibility index (Phi) is 6.86. The SMILES string of the molecule is O=C(NCC(c1ccco1)N1CCCCC1)c1cc([N+](=O)[O-])ccc1N1CCCCC1. The first kappa shape index (κ1) is 21.4. The zero-order valence-corrected chi connectivity index (χ0v) is 17.8. The van der Waals surface area contributed by atoms with Crippen molar-refractivity contribution in [2.75, 3.05) is 37.6 Å². The van der Waals surface area contributed by atoms with Gasteiger partial charge in [0.1, 0.15) is 5.76 Å². The summed E-state index contributed by atoms with van der Waals surface area (Å²) in [4.78, 5) is 28.6. The molecule has 1 unspecified atom stereocenters. The van der Waals surface area contributed by atoms with Crippen molar-refractivity contribution in [2.45, 2.75) is 44.6 Å². The Morgan fingerprint density at radius 3 is 2.42 bits per heavy atom. The third-order valence-corrected chi connectivity index (χ3v) is 6.29. The zero-order chi connectivity index (χ0) is 21.6. The molecule has 1 amide bonds. The molecule has 2 aromatic rings. The van der Waals surface area contributed by atoms with Crippen LogP contribution in [0.25, 0.3) is 0 Å². The standard InChI is InChI=1S/C23H30N4O4/c28-23(24-17-21(22-8-7-15-31-22)26-13-5-2-6-14-26)19-16-18(27(29)30)9-10-20(19)25-11-3-1-4-12-25/h7-10,15-16,21H,1-6,11-14,17H2,(H,24,28). The number of likely N-dealkylation sites (tertiary alicyclic amines) is 1. The zero-order valence-electron chi connectivity index (χ0n) is 17.8. The molecule has 1 aromatic heterocycles. The van der Waals surface area contributed by atoms with E-state index < -0.39 is 4.92 Å². The van der Waals surface area contributed by atoms with Gasteiger partial charge in [-0.3, -0.25) is 19.8 Å². The van der Waals surface area contributed by atoms with E-state index in [-0.39, 0.29) is 17.6 Å². The van der Waals surface area contributed by atoms with Crippen molar-refractivity contribution in [3.8, 4) is 0 Å². The van der Waals surface area contributed by atoms with Crippen LogP contribution in [0, 0.1) is 10.1 Å². The molecule has 166 valence electrons. The number of benzene rings is 1. The summed E-state index contributed by atoms with van der Waals surface area (Å²) < 4.78 is 5.67. The number of nitro benzene ring substituents is 1. The minimum atomic E-state index is -0.448. The van der Waals surface area contributed by atoms with Crippen LogP contribution in [0.5, 0.6) is 0 Å². The van der Waals surface area contributed by atoms with E-state index in [0.29, 0.717) is 12.1 Å². The molecule has 31 heavy (non-hydrogen) atoms. The van der Waals surface area contributed by atoms with Crippen LogP contribution < -0.4 is 10.2 Å². The maximum atomic E-state index is 13.2. The lowest BCUT2D eigenvalue weighted by Gasteiger charge is -2.33. The van der Waals surface area contributed by atoms with E-state index in [0.717, 1.165) is 63.3 Å². The number of carbonyl (C=O) groups is 1. The average Bonchev–Trinajstić information content (AvgIpc) is 3.34. The summed E-state index contributed by atoms with van der Waals surface area (Å²) >= 11 is 0. The summed E-state index contributed by atoms with van der Waals surface area (Å²) in [7, 11) is 0. The van der Waals surface area contributed by atoms with Crippen LogP contribution in [0.3, 0.4) is 0 Å². The Bertz CT molecular complexity index is 887. The van der Waals surface area contributed by atoms with Gasteiger partial charge in [-0.25, -0.2) is 0 Å². The molecule has 2 fully saturated rings. The van der Waals surface area contributed by atoms with E-state index in [9.17, 15) is 14.9 Å². The molecule has 0 radical (unpaired) electrons. The molecular weight excluding hydrogens is 396 g/mol. The van der Waals surface area contributed by atoms with Crippen molar-refractivity contribution in [3.05, 3.63) is 58.0 Å². The molecule has 4 rings (SSSR count). The third-order valence-electron chi connectivity index (χ3n) is 6.29. The summed E-state index contributed by atoms with van der Waals surface area (Å²) in [6.45, 7) is 4.06. The second kappa shape index (κ2) is 9.96. The number of rotatable bonds is 7. The smallest absolute Gasteiger partial charge is 0.270 e. The number of hydrogen-bond acceptors (Lipinski definition) is 6. The van der Waals surface area contributed by atoms with Crippen molar-refractivity contribution < 1.29 is 14.1 Å². The average molecular weight is 427 g/mol. The number of piperidine rings is 2. The summed E-state index contributed by atoms with van der Waals surface area (Å²) in [5, 5.41) is 14.4. The lowest BCUT2D eigenvalue weighted by Crippen LogP contribution is -2.41. The van der Waals surface area contributed by atoms with Gasteiger partial charge < -0.3 is 14.6 Å². The van der Waals surface area contributed by atoms with E-state index in [1.54, 1.807) is 12.3 Å². The lowest BCUT2D eigenvalue weighted by molar-refractivity contribution is -0.384. The predicted molar refractivity (Wildman–Crippen MR) is 118 cm³/mol. The van der Waals surface area contributed by atoms with Crippen LogP contribution in [0.1, 0.15) is 60.7 Å². The Balaban J connectivity index is 1.54. The molecule has 3 heterocycles. The van der Waals surface area contributed by atoms with Crippen LogP contribution in [0.15, 0.2) is 41.0 Å². The van der Waals surface area contributed by atoms with Crippen molar-refractivity contribution in [1.82, 2.24) is 10.2 Å². The van der Waals surface area contributed by atoms with Gasteiger partial charge in [-0.1, -0.05) is 6.42 Å². The monoisotopic (exact) mass is 426 g/mol. The molecule has 8 heteroatoms. The predicted octanol–water partition coefficient (Wildman–Crippen LogP) is 4.14. The lowest BCUT2D eigenvalue weighted by atomic mass is 10.0. The van der Waals surface area contributed by atoms with Gasteiger partial charge in [-0.15, -0.1) is 0 Å². The van der Waals surface area contributed by atoms with Gasteiger partial charge in [0.05, 0.1) is 28.5 Å². The Hall–Kier alpha value is -2.87. The Labute approximate surface area is 182 Å². The highest BCUT2D eigenvalue weighted by Gasteiger charge is 2.27. The number of carbonyl (C=O) groups excluding carboxylic acids is 1. The second-order valence-electron chi connectivity index (χ2n) is 8.34. The number of amides is 1. The van der Waals surface area contributed by atoms with E-state index in [1.165, 1.54) is 25.0 Å². The second-order valence-corrected chi connectivity index (χ2v) is 8.34. The highest BCUT2D eigenvalue weighted by molar-refractivity contribution is 6.00. The Morgan fingerprint density at radius 1 is 1.06 bits per heavy atom. The molecule has 0 spiro atoms. The molecule has 0 saturated carbocycles. The van der Waals surface area contributed by atoms with Crippen molar-refractivity contribution in [3.63, 3.8) is 0 Å². The Morgan fingerprint density at radius 2 is 1.77 bits per heavy atom. The van der Waals surface area contributed by atoms with Gasteiger partial charge >= 0.3 is 0 Å². The molecule has 1 atom stereocenters. The first-order valence-electron chi connectivity index (χ1n) is 11.2. The number of nitro groups is 1. The van der Waals surface area contributed by atoms with Crippen LogP contribution in [-0.4, -0.2) is 48.5 Å². The van der Waals surface area contributed by atoms with Gasteiger partial charge in [0, 0.05) is 31.8 Å². The molecule has 1 N–H and O–H groups in total. The fourth-order valence-electron chi connectivity index (χ4n) is 4.64. The topological polar surface area (TPSA) is 91.9 Å². The fraction of sp³-hybridized carbons (Fsp3) is 0.522. The largest absolute Gasteiger partial charge is 0.468 e. The molecule has 0 aliphatic carbocycles. The van der Waals surface area contributed by atoms with Crippen molar-refractivity contribution in [2.24, 2.45) is 0 Å². The minimum absolute atomic E-state index is 0.0450. The van der Waals surface area contributed by atoms with E-state index in [4.69, 9.17) is 4.42 Å². The summed E-state index contributed by atoms with van der Waals surface area (Å²) in [6, 6.07) is 8.37. The van der Waals surface area contributed by atoms with Gasteiger partial charge in [0.2, 0.25) is 0 Å². The van der Waals surface area contributed by atoms with Crippen molar-refractivity contribution in [1.29, 1.82) is 0 Å². The first-order chi connectivity index (χ1) is 15.1. The minimum Gasteiger partial charge on any atom is -0.468 e. The molecule has 8 nitrogen and oxygen atoms in total. The maximum Gasteiger partial charge on any atom is 0.270 e. The number of nitrogens with zero attached hydrogens (tertiary/aromatic N) is 3. The van der Waals surface area contributed by atoms with Gasteiger partial charge in [-0.2, -0.15) is 0 Å². The third kappa shape index (κ3) is 5.07. The van der Waals surface area contributed by atoms with Crippen LogP contribution in [-0.2, 0) is 0 Å². The molecular formula is C23H30N4O4. The maximum absolute atomic E-state index is 13.2. The van der Waals surface area contributed by atoms with Crippen LogP contribution >= 0.6 is 0 Å². The number of non-ortho nitro benzene ring substituents is 1. The van der Waals surface area contributed by atoms with E-state index in [2.05, 4.69) is 15.1 Å². The highest BCUT2D eigenvalue weighted by Crippen LogP contribution is 2.29.